The molecule has 1 unspecified atom stereocenters. The smallest absolute Gasteiger partial charge is 0.213 e. The van der Waals surface area contributed by atoms with Crippen LogP contribution in [-0.4, -0.2) is 41.1 Å². The Kier molecular flexibility index (Phi) is 4.73. The lowest BCUT2D eigenvalue weighted by Gasteiger charge is -2.17. The number of aryl methyl sites for hydroxylation is 1. The topological polar surface area (TPSA) is 55.2 Å². The highest BCUT2D eigenvalue weighted by atomic mass is 32.2. The molecular weight excluding hydrogens is 329 g/mol. The Bertz CT molecular complexity index is 815. The minimum Gasteiger partial charge on any atom is -0.328 e. The number of hydrogen-bond acceptors (Lipinski definition) is 3. The van der Waals surface area contributed by atoms with Crippen molar-refractivity contribution < 1.29 is 12.8 Å². The van der Waals surface area contributed by atoms with Gasteiger partial charge in [-0.3, -0.25) is 0 Å². The Hall–Kier alpha value is -1.73. The molecule has 0 amide bonds. The molecule has 24 heavy (non-hydrogen) atoms. The van der Waals surface area contributed by atoms with E-state index in [1.165, 1.54) is 12.1 Å². The van der Waals surface area contributed by atoms with Crippen molar-refractivity contribution >= 4 is 10.0 Å². The van der Waals surface area contributed by atoms with Crippen LogP contribution in [0.25, 0.3) is 0 Å². The van der Waals surface area contributed by atoms with Crippen LogP contribution < -0.4 is 0 Å². The van der Waals surface area contributed by atoms with Gasteiger partial charge in [0.1, 0.15) is 11.6 Å². The molecule has 7 heteroatoms. The zero-order valence-corrected chi connectivity index (χ0v) is 14.8. The molecule has 2 heterocycles. The van der Waals surface area contributed by atoms with Crippen LogP contribution in [0.1, 0.15) is 36.3 Å². The molecule has 0 radical (unpaired) electrons. The van der Waals surface area contributed by atoms with Gasteiger partial charge in [0.05, 0.1) is 5.75 Å². The standard InChI is InChI=1S/C17H22FN3O2S/c1-3-24(22,23)20-9-8-15(12-20)17-19-10-13(2)21(17)11-14-4-6-16(18)7-5-14/h4-7,10,15H,3,8-9,11-12H2,1-2H3. The lowest BCUT2D eigenvalue weighted by molar-refractivity contribution is 0.470. The summed E-state index contributed by atoms with van der Waals surface area (Å²) in [5, 5.41) is 0. The van der Waals surface area contributed by atoms with E-state index in [0.717, 1.165) is 23.5 Å². The van der Waals surface area contributed by atoms with Crippen molar-refractivity contribution in [3.63, 3.8) is 0 Å². The molecule has 0 saturated carbocycles. The summed E-state index contributed by atoms with van der Waals surface area (Å²) in [4.78, 5) is 4.52. The van der Waals surface area contributed by atoms with Gasteiger partial charge in [-0.2, -0.15) is 0 Å². The van der Waals surface area contributed by atoms with E-state index < -0.39 is 10.0 Å². The molecule has 1 aliphatic rings. The van der Waals surface area contributed by atoms with Gasteiger partial charge in [0.25, 0.3) is 0 Å². The summed E-state index contributed by atoms with van der Waals surface area (Å²) in [5.74, 6) is 0.881. The first-order chi connectivity index (χ1) is 11.4. The molecule has 5 nitrogen and oxygen atoms in total. The molecule has 1 fully saturated rings. The maximum Gasteiger partial charge on any atom is 0.213 e. The quantitative estimate of drug-likeness (QED) is 0.832. The number of hydrogen-bond donors (Lipinski definition) is 0. The maximum atomic E-state index is 13.1. The summed E-state index contributed by atoms with van der Waals surface area (Å²) >= 11 is 0. The van der Waals surface area contributed by atoms with Gasteiger partial charge in [-0.15, -0.1) is 0 Å². The van der Waals surface area contributed by atoms with E-state index in [9.17, 15) is 12.8 Å². The Labute approximate surface area is 142 Å². The number of benzene rings is 1. The molecule has 1 aromatic heterocycles. The Morgan fingerprint density at radius 2 is 2.00 bits per heavy atom. The number of imidazole rings is 1. The minimum absolute atomic E-state index is 0.0977. The second kappa shape index (κ2) is 6.64. The Balaban J connectivity index is 1.82. The average Bonchev–Trinajstić information content (AvgIpc) is 3.18. The van der Waals surface area contributed by atoms with Gasteiger partial charge >= 0.3 is 0 Å². The lowest BCUT2D eigenvalue weighted by atomic mass is 10.1. The van der Waals surface area contributed by atoms with Crippen LogP contribution >= 0.6 is 0 Å². The van der Waals surface area contributed by atoms with Crippen molar-refractivity contribution in [2.24, 2.45) is 0 Å². The van der Waals surface area contributed by atoms with Gasteiger partial charge in [-0.25, -0.2) is 22.1 Å². The zero-order chi connectivity index (χ0) is 17.3. The molecule has 3 rings (SSSR count). The molecule has 1 aliphatic heterocycles. The molecule has 130 valence electrons. The van der Waals surface area contributed by atoms with E-state index in [2.05, 4.69) is 9.55 Å². The lowest BCUT2D eigenvalue weighted by Crippen LogP contribution is -2.30. The molecule has 1 saturated heterocycles. The van der Waals surface area contributed by atoms with Crippen molar-refractivity contribution in [3.05, 3.63) is 53.4 Å². The number of aromatic nitrogens is 2. The highest BCUT2D eigenvalue weighted by molar-refractivity contribution is 7.89. The number of sulfonamides is 1. The van der Waals surface area contributed by atoms with Gasteiger partial charge in [-0.05, 0) is 38.0 Å². The fourth-order valence-electron chi connectivity index (χ4n) is 3.16. The predicted molar refractivity (Wildman–Crippen MR) is 90.9 cm³/mol. The van der Waals surface area contributed by atoms with E-state index in [4.69, 9.17) is 0 Å². The van der Waals surface area contributed by atoms with Crippen LogP contribution in [0.15, 0.2) is 30.5 Å². The summed E-state index contributed by atoms with van der Waals surface area (Å²) in [7, 11) is -3.15. The first-order valence-electron chi connectivity index (χ1n) is 8.15. The van der Waals surface area contributed by atoms with Crippen molar-refractivity contribution in [2.45, 2.75) is 32.7 Å². The van der Waals surface area contributed by atoms with Gasteiger partial charge in [0.15, 0.2) is 0 Å². The predicted octanol–water partition coefficient (Wildman–Crippen LogP) is 2.52. The van der Waals surface area contributed by atoms with E-state index in [0.29, 0.717) is 19.6 Å². The normalized spacial score (nSPS) is 19.0. The van der Waals surface area contributed by atoms with E-state index in [-0.39, 0.29) is 17.5 Å². The molecular formula is C17H22FN3O2S. The SMILES string of the molecule is CCS(=O)(=O)N1CCC(c2ncc(C)n2Cc2ccc(F)cc2)C1. The molecule has 0 N–H and O–H groups in total. The number of rotatable bonds is 5. The van der Waals surface area contributed by atoms with Gasteiger partial charge < -0.3 is 4.57 Å². The molecule has 0 spiro atoms. The molecule has 1 aromatic carbocycles. The van der Waals surface area contributed by atoms with E-state index in [1.807, 2.05) is 13.1 Å². The van der Waals surface area contributed by atoms with Crippen molar-refractivity contribution in [1.82, 2.24) is 13.9 Å². The fourth-order valence-corrected chi connectivity index (χ4v) is 4.31. The Morgan fingerprint density at radius 3 is 2.67 bits per heavy atom. The molecule has 1 atom stereocenters. The average molecular weight is 351 g/mol. The van der Waals surface area contributed by atoms with Gasteiger partial charge in [-0.1, -0.05) is 12.1 Å². The summed E-state index contributed by atoms with van der Waals surface area (Å²) in [5.41, 5.74) is 2.01. The first kappa shape index (κ1) is 17.1. The van der Waals surface area contributed by atoms with Gasteiger partial charge in [0.2, 0.25) is 10.0 Å². The summed E-state index contributed by atoms with van der Waals surface area (Å²) in [6.45, 7) is 5.29. The van der Waals surface area contributed by atoms with Crippen LogP contribution in [0.3, 0.4) is 0 Å². The molecule has 0 bridgehead atoms. The fraction of sp³-hybridized carbons (Fsp3) is 0.471. The van der Waals surface area contributed by atoms with Gasteiger partial charge in [0, 0.05) is 37.4 Å². The van der Waals surface area contributed by atoms with Crippen LogP contribution in [0.2, 0.25) is 0 Å². The third-order valence-corrected chi connectivity index (χ3v) is 6.46. The van der Waals surface area contributed by atoms with Crippen molar-refractivity contribution in [1.29, 1.82) is 0 Å². The molecule has 0 aliphatic carbocycles. The van der Waals surface area contributed by atoms with E-state index >= 15 is 0 Å². The first-order valence-corrected chi connectivity index (χ1v) is 9.76. The summed E-state index contributed by atoms with van der Waals surface area (Å²) < 4.78 is 40.8. The Morgan fingerprint density at radius 1 is 1.29 bits per heavy atom. The third kappa shape index (κ3) is 3.37. The van der Waals surface area contributed by atoms with Crippen molar-refractivity contribution in [3.8, 4) is 0 Å². The minimum atomic E-state index is -3.15. The number of halogens is 1. The monoisotopic (exact) mass is 351 g/mol. The summed E-state index contributed by atoms with van der Waals surface area (Å²) in [6, 6.07) is 6.43. The second-order valence-electron chi connectivity index (χ2n) is 6.21. The third-order valence-electron chi connectivity index (χ3n) is 4.61. The second-order valence-corrected chi connectivity index (χ2v) is 8.47. The number of nitrogens with zero attached hydrogens (tertiary/aromatic N) is 3. The molecule has 2 aromatic rings. The summed E-state index contributed by atoms with van der Waals surface area (Å²) in [6.07, 6.45) is 2.59. The van der Waals surface area contributed by atoms with Crippen LogP contribution in [0.5, 0.6) is 0 Å². The van der Waals surface area contributed by atoms with E-state index in [1.54, 1.807) is 23.4 Å². The van der Waals surface area contributed by atoms with Crippen LogP contribution in [-0.2, 0) is 16.6 Å². The van der Waals surface area contributed by atoms with Crippen LogP contribution in [0.4, 0.5) is 4.39 Å². The zero-order valence-electron chi connectivity index (χ0n) is 13.9. The van der Waals surface area contributed by atoms with Crippen molar-refractivity contribution in [2.75, 3.05) is 18.8 Å². The van der Waals surface area contributed by atoms with Crippen LogP contribution in [0, 0.1) is 12.7 Å². The maximum absolute atomic E-state index is 13.1. The largest absolute Gasteiger partial charge is 0.328 e. The highest BCUT2D eigenvalue weighted by Gasteiger charge is 2.33. The highest BCUT2D eigenvalue weighted by Crippen LogP contribution is 2.29.